The van der Waals surface area contributed by atoms with E-state index in [0.29, 0.717) is 29.2 Å². The van der Waals surface area contributed by atoms with Gasteiger partial charge in [0.2, 0.25) is 5.91 Å². The van der Waals surface area contributed by atoms with Gasteiger partial charge in [-0.2, -0.15) is 0 Å². The average molecular weight is 596 g/mol. The monoisotopic (exact) mass is 595 g/mol. The molecule has 11 nitrogen and oxygen atoms in total. The first-order valence-corrected chi connectivity index (χ1v) is 14.3. The number of hydrogen-bond donors (Lipinski definition) is 3. The van der Waals surface area contributed by atoms with Crippen molar-refractivity contribution in [2.24, 2.45) is 0 Å². The molecule has 1 aromatic heterocycles. The molecule has 4 aromatic rings. The van der Waals surface area contributed by atoms with Crippen LogP contribution in [0.2, 0.25) is 0 Å². The highest BCUT2D eigenvalue weighted by molar-refractivity contribution is 6.03. The molecule has 0 saturated carbocycles. The second kappa shape index (κ2) is 13.2. The Labute approximate surface area is 254 Å². The number of amides is 4. The number of benzene rings is 3. The van der Waals surface area contributed by atoms with Crippen LogP contribution in [0.15, 0.2) is 83.4 Å². The molecule has 0 radical (unpaired) electrons. The molecule has 1 aliphatic heterocycles. The molecule has 0 aliphatic carbocycles. The largest absolute Gasteiger partial charge is 0.481 e. The summed E-state index contributed by atoms with van der Waals surface area (Å²) in [6.07, 6.45) is 0.927. The Morgan fingerprint density at radius 1 is 1.02 bits per heavy atom. The molecule has 0 spiro atoms. The molecule has 1 aliphatic rings. The number of aryl methyl sites for hydroxylation is 1. The molecule has 44 heavy (non-hydrogen) atoms. The van der Waals surface area contributed by atoms with Gasteiger partial charge in [0, 0.05) is 43.1 Å². The number of aromatic nitrogens is 1. The zero-order chi connectivity index (χ0) is 31.2. The summed E-state index contributed by atoms with van der Waals surface area (Å²) < 4.78 is 4.98. The molecule has 2 heterocycles. The lowest BCUT2D eigenvalue weighted by atomic mass is 10.0. The number of carbonyl (C=O) groups excluding carboxylic acids is 3. The summed E-state index contributed by atoms with van der Waals surface area (Å²) in [6, 6.07) is 22.7. The van der Waals surface area contributed by atoms with Gasteiger partial charge < -0.3 is 25.2 Å². The van der Waals surface area contributed by atoms with Crippen molar-refractivity contribution >= 4 is 40.9 Å². The van der Waals surface area contributed by atoms with Crippen molar-refractivity contribution in [1.29, 1.82) is 0 Å². The number of para-hydroxylation sites is 1. The van der Waals surface area contributed by atoms with E-state index in [-0.39, 0.29) is 36.9 Å². The fourth-order valence-electron chi connectivity index (χ4n) is 5.13. The number of carboxylic acid groups (broad SMARTS) is 1. The smallest absolute Gasteiger partial charge is 0.326 e. The summed E-state index contributed by atoms with van der Waals surface area (Å²) in [5.41, 5.74) is 4.81. The van der Waals surface area contributed by atoms with Gasteiger partial charge in [0.15, 0.2) is 5.69 Å². The Morgan fingerprint density at radius 3 is 2.52 bits per heavy atom. The minimum Gasteiger partial charge on any atom is -0.481 e. The lowest BCUT2D eigenvalue weighted by molar-refractivity contribution is -0.137. The zero-order valence-electron chi connectivity index (χ0n) is 24.4. The van der Waals surface area contributed by atoms with Crippen LogP contribution in [0.25, 0.3) is 0 Å². The number of anilines is 3. The van der Waals surface area contributed by atoms with Crippen molar-refractivity contribution in [1.82, 2.24) is 10.5 Å². The summed E-state index contributed by atoms with van der Waals surface area (Å²) in [5.74, 6) is -1.17. The van der Waals surface area contributed by atoms with Crippen molar-refractivity contribution in [3.05, 3.63) is 107 Å². The van der Waals surface area contributed by atoms with E-state index in [1.165, 1.54) is 11.0 Å². The zero-order valence-corrected chi connectivity index (χ0v) is 24.4. The lowest BCUT2D eigenvalue weighted by Crippen LogP contribution is -2.33. The molecule has 226 valence electrons. The molecule has 1 unspecified atom stereocenters. The van der Waals surface area contributed by atoms with Crippen LogP contribution in [-0.2, 0) is 22.4 Å². The van der Waals surface area contributed by atoms with Gasteiger partial charge in [0.25, 0.3) is 5.91 Å². The van der Waals surface area contributed by atoms with Crippen LogP contribution in [0.5, 0.6) is 0 Å². The number of likely N-dealkylation sites (N-methyl/N-ethyl adjacent to an activating group) is 1. The topological polar surface area (TPSA) is 145 Å². The van der Waals surface area contributed by atoms with Gasteiger partial charge in [-0.25, -0.2) is 4.79 Å². The summed E-state index contributed by atoms with van der Waals surface area (Å²) in [6.45, 7) is 2.29. The Bertz CT molecular complexity index is 1680. The minimum atomic E-state index is -0.989. The van der Waals surface area contributed by atoms with Crippen LogP contribution in [0.1, 0.15) is 51.8 Å². The van der Waals surface area contributed by atoms with E-state index < -0.39 is 17.9 Å². The maximum Gasteiger partial charge on any atom is 0.326 e. The highest BCUT2D eigenvalue weighted by atomic mass is 16.5. The molecule has 5 rings (SSSR count). The molecule has 3 aromatic carbocycles. The number of rotatable bonds is 10. The second-order valence-corrected chi connectivity index (χ2v) is 10.7. The number of aliphatic carboxylic acids is 1. The van der Waals surface area contributed by atoms with Crippen LogP contribution in [0.4, 0.5) is 21.9 Å². The standard InChI is InChI=1S/C33H33N5O6/c1-21-18-28(36-44-21)32(42)35-27(14-15-31(40)41)24-7-5-8-26(20-24)37(2)30(39)19-22-10-12-25(13-11-22)34-33(43)38-17-16-23-6-3-4-9-29(23)38/h3-13,18,20,27H,14-17,19H2,1-2H3,(H,34,43)(H,35,42)(H,40,41). The number of carbonyl (C=O) groups is 4. The van der Waals surface area contributed by atoms with Crippen LogP contribution in [-0.4, -0.2) is 47.7 Å². The summed E-state index contributed by atoms with van der Waals surface area (Å²) in [5, 5.41) is 18.7. The van der Waals surface area contributed by atoms with Gasteiger partial charge in [-0.3, -0.25) is 19.3 Å². The van der Waals surface area contributed by atoms with E-state index in [2.05, 4.69) is 15.8 Å². The first kappa shape index (κ1) is 30.0. The number of fused-ring (bicyclic) bond motifs is 1. The third-order valence-electron chi connectivity index (χ3n) is 7.54. The Kier molecular flexibility index (Phi) is 9.03. The van der Waals surface area contributed by atoms with E-state index in [4.69, 9.17) is 4.52 Å². The maximum atomic E-state index is 13.2. The van der Waals surface area contributed by atoms with Crippen molar-refractivity contribution in [2.45, 2.75) is 38.6 Å². The SMILES string of the molecule is Cc1cc(C(=O)NC(CCC(=O)O)c2cccc(N(C)C(=O)Cc3ccc(NC(=O)N4CCc5ccccc54)cc3)c2)no1. The van der Waals surface area contributed by atoms with Gasteiger partial charge >= 0.3 is 12.0 Å². The molecule has 1 atom stereocenters. The fraction of sp³-hybridized carbons (Fsp3) is 0.242. The van der Waals surface area contributed by atoms with Gasteiger partial charge in [0.05, 0.1) is 12.5 Å². The Balaban J connectivity index is 1.22. The van der Waals surface area contributed by atoms with E-state index >= 15 is 0 Å². The quantitative estimate of drug-likeness (QED) is 0.231. The molecule has 0 saturated heterocycles. The summed E-state index contributed by atoms with van der Waals surface area (Å²) in [4.78, 5) is 53.4. The minimum absolute atomic E-state index is 0.0956. The summed E-state index contributed by atoms with van der Waals surface area (Å²) >= 11 is 0. The van der Waals surface area contributed by atoms with E-state index in [1.54, 1.807) is 67.4 Å². The van der Waals surface area contributed by atoms with Crippen LogP contribution in [0.3, 0.4) is 0 Å². The molecule has 4 amide bonds. The van der Waals surface area contributed by atoms with Crippen LogP contribution in [0, 0.1) is 6.92 Å². The number of nitrogens with zero attached hydrogens (tertiary/aromatic N) is 3. The third-order valence-corrected chi connectivity index (χ3v) is 7.54. The number of carboxylic acids is 1. The third kappa shape index (κ3) is 7.12. The van der Waals surface area contributed by atoms with E-state index in [9.17, 15) is 24.3 Å². The highest BCUT2D eigenvalue weighted by Gasteiger charge is 2.24. The predicted octanol–water partition coefficient (Wildman–Crippen LogP) is 5.12. The van der Waals surface area contributed by atoms with Crippen molar-refractivity contribution < 1.29 is 28.8 Å². The van der Waals surface area contributed by atoms with Gasteiger partial charge in [-0.15, -0.1) is 0 Å². The Morgan fingerprint density at radius 2 is 1.80 bits per heavy atom. The molecule has 11 heteroatoms. The summed E-state index contributed by atoms with van der Waals surface area (Å²) in [7, 11) is 1.66. The fourth-order valence-corrected chi connectivity index (χ4v) is 5.13. The van der Waals surface area contributed by atoms with E-state index in [0.717, 1.165) is 23.2 Å². The van der Waals surface area contributed by atoms with Gasteiger partial charge in [-0.1, -0.05) is 47.6 Å². The first-order valence-electron chi connectivity index (χ1n) is 14.3. The number of hydrogen-bond acceptors (Lipinski definition) is 6. The molecular weight excluding hydrogens is 562 g/mol. The predicted molar refractivity (Wildman–Crippen MR) is 165 cm³/mol. The number of urea groups is 1. The van der Waals surface area contributed by atoms with Crippen LogP contribution < -0.4 is 20.4 Å². The maximum absolute atomic E-state index is 13.2. The molecule has 0 fully saturated rings. The van der Waals surface area contributed by atoms with Gasteiger partial charge in [0.1, 0.15) is 5.76 Å². The normalized spacial score (nSPS) is 12.7. The van der Waals surface area contributed by atoms with E-state index in [1.807, 2.05) is 24.3 Å². The molecule has 0 bridgehead atoms. The average Bonchev–Trinajstić information content (AvgIpc) is 3.66. The van der Waals surface area contributed by atoms with Crippen molar-refractivity contribution in [3.8, 4) is 0 Å². The van der Waals surface area contributed by atoms with Crippen LogP contribution >= 0.6 is 0 Å². The first-order chi connectivity index (χ1) is 21.2. The highest BCUT2D eigenvalue weighted by Crippen LogP contribution is 2.28. The molecule has 3 N–H and O–H groups in total. The van der Waals surface area contributed by atoms with Crippen molar-refractivity contribution in [3.63, 3.8) is 0 Å². The van der Waals surface area contributed by atoms with Crippen molar-refractivity contribution in [2.75, 3.05) is 28.7 Å². The Hall–Kier alpha value is -5.45. The molecular formula is C33H33N5O6. The number of nitrogens with one attached hydrogen (secondary N) is 2. The second-order valence-electron chi connectivity index (χ2n) is 10.7. The van der Waals surface area contributed by atoms with Gasteiger partial charge in [-0.05, 0) is 66.8 Å². The lowest BCUT2D eigenvalue weighted by Gasteiger charge is -2.22.